The molecule has 5 nitrogen and oxygen atoms in total. The summed E-state index contributed by atoms with van der Waals surface area (Å²) >= 11 is 0. The van der Waals surface area contributed by atoms with Crippen LogP contribution in [0.25, 0.3) is 0 Å². The van der Waals surface area contributed by atoms with E-state index in [9.17, 15) is 4.79 Å². The number of carbonyl (C=O) groups is 1. The van der Waals surface area contributed by atoms with E-state index in [-0.39, 0.29) is 5.56 Å². The Morgan fingerprint density at radius 3 is 2.50 bits per heavy atom. The van der Waals surface area contributed by atoms with Crippen LogP contribution in [0.5, 0.6) is 5.75 Å². The van der Waals surface area contributed by atoms with Crippen molar-refractivity contribution in [2.24, 2.45) is 0 Å². The van der Waals surface area contributed by atoms with E-state index in [2.05, 4.69) is 4.90 Å². The van der Waals surface area contributed by atoms with Crippen LogP contribution < -0.4 is 4.74 Å². The fourth-order valence-corrected chi connectivity index (χ4v) is 2.35. The van der Waals surface area contributed by atoms with E-state index in [0.29, 0.717) is 18.5 Å². The molecule has 20 heavy (non-hydrogen) atoms. The lowest BCUT2D eigenvalue weighted by Crippen LogP contribution is -2.38. The molecule has 5 heteroatoms. The highest BCUT2D eigenvalue weighted by atomic mass is 16.5. The number of ether oxygens (including phenoxy) is 2. The predicted octanol–water partition coefficient (Wildman–Crippen LogP) is 1.87. The molecule has 1 aromatic rings. The highest BCUT2D eigenvalue weighted by molar-refractivity contribution is 5.87. The summed E-state index contributed by atoms with van der Waals surface area (Å²) in [7, 11) is 1.77. The molecule has 1 N–H and O–H groups in total. The summed E-state index contributed by atoms with van der Waals surface area (Å²) in [4.78, 5) is 13.1. The number of hydrogen-bond donors (Lipinski definition) is 1. The Morgan fingerprint density at radius 1 is 1.30 bits per heavy atom. The monoisotopic (exact) mass is 279 g/mol. The van der Waals surface area contributed by atoms with Crippen LogP contribution in [-0.4, -0.2) is 55.4 Å². The summed E-state index contributed by atoms with van der Waals surface area (Å²) < 4.78 is 11.0. The highest BCUT2D eigenvalue weighted by Gasteiger charge is 2.18. The highest BCUT2D eigenvalue weighted by Crippen LogP contribution is 2.14. The van der Waals surface area contributed by atoms with Gasteiger partial charge in [-0.05, 0) is 37.1 Å². The van der Waals surface area contributed by atoms with Gasteiger partial charge in [0, 0.05) is 26.7 Å². The number of aromatic carboxylic acids is 1. The Balaban J connectivity index is 1.69. The summed E-state index contributed by atoms with van der Waals surface area (Å²) in [5.74, 6) is -0.209. The summed E-state index contributed by atoms with van der Waals surface area (Å²) in [5.41, 5.74) is 0.277. The fraction of sp³-hybridized carbons (Fsp3) is 0.533. The first-order valence-corrected chi connectivity index (χ1v) is 6.90. The SMILES string of the molecule is COC1CCN(CCOc2ccc(C(=O)O)cc2)CC1. The Morgan fingerprint density at radius 2 is 1.95 bits per heavy atom. The molecule has 0 bridgehead atoms. The Hall–Kier alpha value is -1.59. The van der Waals surface area contributed by atoms with Crippen LogP contribution in [0.4, 0.5) is 0 Å². The molecule has 0 aromatic heterocycles. The summed E-state index contributed by atoms with van der Waals surface area (Å²) in [6.45, 7) is 3.58. The first-order valence-electron chi connectivity index (χ1n) is 6.90. The molecule has 0 radical (unpaired) electrons. The number of carboxylic acid groups (broad SMARTS) is 1. The van der Waals surface area contributed by atoms with Gasteiger partial charge >= 0.3 is 5.97 Å². The van der Waals surface area contributed by atoms with E-state index in [0.717, 1.165) is 32.5 Å². The molecule has 0 spiro atoms. The maximum atomic E-state index is 10.7. The number of piperidine rings is 1. The number of methoxy groups -OCH3 is 1. The minimum absolute atomic E-state index is 0.277. The van der Waals surface area contributed by atoms with Gasteiger partial charge in [0.1, 0.15) is 12.4 Å². The minimum atomic E-state index is -0.919. The van der Waals surface area contributed by atoms with Crippen molar-refractivity contribution in [2.75, 3.05) is 33.4 Å². The third kappa shape index (κ3) is 4.21. The van der Waals surface area contributed by atoms with Gasteiger partial charge < -0.3 is 14.6 Å². The predicted molar refractivity (Wildman–Crippen MR) is 75.4 cm³/mol. The van der Waals surface area contributed by atoms with Crippen molar-refractivity contribution in [1.82, 2.24) is 4.90 Å². The Kier molecular flexibility index (Phi) is 5.38. The lowest BCUT2D eigenvalue weighted by molar-refractivity contribution is 0.0375. The molecule has 1 heterocycles. The van der Waals surface area contributed by atoms with Gasteiger partial charge in [-0.3, -0.25) is 4.90 Å². The maximum absolute atomic E-state index is 10.7. The topological polar surface area (TPSA) is 59.0 Å². The van der Waals surface area contributed by atoms with Crippen molar-refractivity contribution in [3.05, 3.63) is 29.8 Å². The Labute approximate surface area is 119 Å². The number of rotatable bonds is 6. The number of benzene rings is 1. The van der Waals surface area contributed by atoms with Gasteiger partial charge in [0.15, 0.2) is 0 Å². The number of likely N-dealkylation sites (tertiary alicyclic amines) is 1. The van der Waals surface area contributed by atoms with E-state index >= 15 is 0 Å². The van der Waals surface area contributed by atoms with Gasteiger partial charge in [-0.25, -0.2) is 4.79 Å². The molecule has 0 atom stereocenters. The Bertz CT molecular complexity index is 424. The van der Waals surface area contributed by atoms with E-state index in [1.165, 1.54) is 0 Å². The zero-order valence-corrected chi connectivity index (χ0v) is 11.7. The molecule has 1 aliphatic heterocycles. The smallest absolute Gasteiger partial charge is 0.335 e. The van der Waals surface area contributed by atoms with Crippen LogP contribution in [0.1, 0.15) is 23.2 Å². The normalized spacial score (nSPS) is 17.1. The third-order valence-corrected chi connectivity index (χ3v) is 3.65. The van der Waals surface area contributed by atoms with Crippen molar-refractivity contribution in [2.45, 2.75) is 18.9 Å². The largest absolute Gasteiger partial charge is 0.492 e. The molecule has 1 aliphatic rings. The van der Waals surface area contributed by atoms with Gasteiger partial charge in [0.25, 0.3) is 0 Å². The van der Waals surface area contributed by atoms with E-state index in [1.54, 1.807) is 31.4 Å². The van der Waals surface area contributed by atoms with E-state index in [4.69, 9.17) is 14.6 Å². The molecule has 1 fully saturated rings. The third-order valence-electron chi connectivity index (χ3n) is 3.65. The molecule has 1 saturated heterocycles. The van der Waals surface area contributed by atoms with Gasteiger partial charge in [-0.15, -0.1) is 0 Å². The van der Waals surface area contributed by atoms with Crippen molar-refractivity contribution >= 4 is 5.97 Å². The lowest BCUT2D eigenvalue weighted by atomic mass is 10.1. The summed E-state index contributed by atoms with van der Waals surface area (Å²) in [6.07, 6.45) is 2.55. The standard InChI is InChI=1S/C15H21NO4/c1-19-13-6-8-16(9-7-13)10-11-20-14-4-2-12(3-5-14)15(17)18/h2-5,13H,6-11H2,1H3,(H,17,18). The van der Waals surface area contributed by atoms with E-state index in [1.807, 2.05) is 0 Å². The van der Waals surface area contributed by atoms with Crippen LogP contribution >= 0.6 is 0 Å². The molecule has 0 saturated carbocycles. The van der Waals surface area contributed by atoms with Crippen molar-refractivity contribution in [3.63, 3.8) is 0 Å². The zero-order chi connectivity index (χ0) is 14.4. The van der Waals surface area contributed by atoms with Gasteiger partial charge in [-0.1, -0.05) is 0 Å². The van der Waals surface area contributed by atoms with Crippen LogP contribution in [-0.2, 0) is 4.74 Å². The van der Waals surface area contributed by atoms with Crippen molar-refractivity contribution < 1.29 is 19.4 Å². The number of hydrogen-bond acceptors (Lipinski definition) is 4. The van der Waals surface area contributed by atoms with Gasteiger partial charge in [0.2, 0.25) is 0 Å². The van der Waals surface area contributed by atoms with Crippen LogP contribution in [0.3, 0.4) is 0 Å². The first-order chi connectivity index (χ1) is 9.69. The molecule has 1 aromatic carbocycles. The summed E-state index contributed by atoms with van der Waals surface area (Å²) in [6, 6.07) is 6.50. The molecular weight excluding hydrogens is 258 g/mol. The molecule has 0 unspecified atom stereocenters. The molecule has 110 valence electrons. The quantitative estimate of drug-likeness (QED) is 0.861. The second-order valence-corrected chi connectivity index (χ2v) is 4.95. The average molecular weight is 279 g/mol. The van der Waals surface area contributed by atoms with Gasteiger partial charge in [0.05, 0.1) is 11.7 Å². The number of carboxylic acids is 1. The van der Waals surface area contributed by atoms with Crippen LogP contribution in [0, 0.1) is 0 Å². The minimum Gasteiger partial charge on any atom is -0.492 e. The second kappa shape index (κ2) is 7.26. The van der Waals surface area contributed by atoms with Crippen molar-refractivity contribution in [3.8, 4) is 5.75 Å². The zero-order valence-electron chi connectivity index (χ0n) is 11.7. The molecule has 2 rings (SSSR count). The second-order valence-electron chi connectivity index (χ2n) is 4.95. The fourth-order valence-electron chi connectivity index (χ4n) is 2.35. The van der Waals surface area contributed by atoms with Gasteiger partial charge in [-0.2, -0.15) is 0 Å². The van der Waals surface area contributed by atoms with Crippen LogP contribution in [0.2, 0.25) is 0 Å². The maximum Gasteiger partial charge on any atom is 0.335 e. The average Bonchev–Trinajstić information content (AvgIpc) is 2.48. The van der Waals surface area contributed by atoms with Crippen LogP contribution in [0.15, 0.2) is 24.3 Å². The van der Waals surface area contributed by atoms with Crippen molar-refractivity contribution in [1.29, 1.82) is 0 Å². The number of nitrogens with zero attached hydrogens (tertiary/aromatic N) is 1. The summed E-state index contributed by atoms with van der Waals surface area (Å²) in [5, 5.41) is 8.81. The molecule has 0 amide bonds. The first kappa shape index (κ1) is 14.8. The van der Waals surface area contributed by atoms with E-state index < -0.39 is 5.97 Å². The molecular formula is C15H21NO4. The lowest BCUT2D eigenvalue weighted by Gasteiger charge is -2.30. The molecule has 0 aliphatic carbocycles.